The van der Waals surface area contributed by atoms with Crippen molar-refractivity contribution in [3.63, 3.8) is 0 Å². The highest BCUT2D eigenvalue weighted by Gasteiger charge is 2.31. The Balaban J connectivity index is 2.06. The zero-order chi connectivity index (χ0) is 17.5. The van der Waals surface area contributed by atoms with E-state index in [0.717, 1.165) is 12.8 Å². The number of nitrogens with zero attached hydrogens (tertiary/aromatic N) is 2. The summed E-state index contributed by atoms with van der Waals surface area (Å²) >= 11 is 5.87. The number of carbonyl (C=O) groups excluding carboxylic acids is 2. The monoisotopic (exact) mass is 346 g/mol. The number of hydrogen-bond donors (Lipinski definition) is 0. The summed E-state index contributed by atoms with van der Waals surface area (Å²) in [6.45, 7) is 9.50. The Morgan fingerprint density at radius 1 is 1.21 bits per heavy atom. The number of rotatable bonds is 6. The van der Waals surface area contributed by atoms with Crippen molar-refractivity contribution < 1.29 is 9.59 Å². The maximum absolute atomic E-state index is 12.7. The minimum atomic E-state index is -0.171. The van der Waals surface area contributed by atoms with Gasteiger partial charge in [-0.3, -0.25) is 9.59 Å². The highest BCUT2D eigenvalue weighted by molar-refractivity contribution is 6.30. The first-order valence-electron chi connectivity index (χ1n) is 8.12. The molecule has 24 heavy (non-hydrogen) atoms. The lowest BCUT2D eigenvalue weighted by Gasteiger charge is -2.34. The van der Waals surface area contributed by atoms with Crippen molar-refractivity contribution in [2.75, 3.05) is 26.2 Å². The standard InChI is InChI=1S/C19H23ClN2O2/c1-3-11-21(12-4-2)19(24)16-6-5-13-22(14-16)18(23)15-7-9-17(20)10-8-15/h3-4,7-10,16H,1-2,5-6,11-14H2. The van der Waals surface area contributed by atoms with Crippen molar-refractivity contribution in [1.82, 2.24) is 9.80 Å². The Morgan fingerprint density at radius 3 is 2.42 bits per heavy atom. The van der Waals surface area contributed by atoms with Gasteiger partial charge in [-0.2, -0.15) is 0 Å². The second-order valence-electron chi connectivity index (χ2n) is 5.92. The van der Waals surface area contributed by atoms with Gasteiger partial charge in [0.2, 0.25) is 5.91 Å². The average molecular weight is 347 g/mol. The van der Waals surface area contributed by atoms with E-state index in [4.69, 9.17) is 11.6 Å². The second-order valence-corrected chi connectivity index (χ2v) is 6.35. The van der Waals surface area contributed by atoms with Crippen molar-refractivity contribution in [3.05, 3.63) is 60.2 Å². The number of benzene rings is 1. The fraction of sp³-hybridized carbons (Fsp3) is 0.368. The van der Waals surface area contributed by atoms with E-state index in [9.17, 15) is 9.59 Å². The first-order chi connectivity index (χ1) is 11.6. The van der Waals surface area contributed by atoms with Gasteiger partial charge in [0.1, 0.15) is 0 Å². The van der Waals surface area contributed by atoms with Crippen molar-refractivity contribution in [1.29, 1.82) is 0 Å². The molecule has 1 aromatic rings. The molecule has 1 aliphatic rings. The predicted octanol–water partition coefficient (Wildman–Crippen LogP) is 3.39. The molecule has 4 nitrogen and oxygen atoms in total. The van der Waals surface area contributed by atoms with Gasteiger partial charge in [-0.1, -0.05) is 23.8 Å². The molecule has 1 saturated heterocycles. The van der Waals surface area contributed by atoms with Crippen LogP contribution in [0.5, 0.6) is 0 Å². The lowest BCUT2D eigenvalue weighted by atomic mass is 9.95. The summed E-state index contributed by atoms with van der Waals surface area (Å²) in [5.74, 6) is -0.165. The van der Waals surface area contributed by atoms with Crippen LogP contribution in [-0.2, 0) is 4.79 Å². The number of halogens is 1. The summed E-state index contributed by atoms with van der Waals surface area (Å²) in [6, 6.07) is 6.85. The summed E-state index contributed by atoms with van der Waals surface area (Å²) in [4.78, 5) is 28.8. The highest BCUT2D eigenvalue weighted by Crippen LogP contribution is 2.21. The minimum Gasteiger partial charge on any atom is -0.338 e. The van der Waals surface area contributed by atoms with Crippen LogP contribution in [0.25, 0.3) is 0 Å². The molecular weight excluding hydrogens is 324 g/mol. The van der Waals surface area contributed by atoms with E-state index in [-0.39, 0.29) is 17.7 Å². The fourth-order valence-corrected chi connectivity index (χ4v) is 3.09. The molecule has 0 bridgehead atoms. The molecule has 0 radical (unpaired) electrons. The van der Waals surface area contributed by atoms with Gasteiger partial charge in [0, 0.05) is 36.8 Å². The lowest BCUT2D eigenvalue weighted by molar-refractivity contribution is -0.135. The smallest absolute Gasteiger partial charge is 0.253 e. The Hall–Kier alpha value is -2.07. The van der Waals surface area contributed by atoms with E-state index in [1.807, 2.05) is 0 Å². The Labute approximate surface area is 148 Å². The topological polar surface area (TPSA) is 40.6 Å². The molecule has 0 N–H and O–H groups in total. The van der Waals surface area contributed by atoms with Crippen LogP contribution in [0, 0.1) is 5.92 Å². The molecular formula is C19H23ClN2O2. The first kappa shape index (κ1) is 18.3. The molecule has 2 amide bonds. The molecule has 0 aromatic heterocycles. The molecule has 0 spiro atoms. The van der Waals surface area contributed by atoms with Gasteiger partial charge in [-0.15, -0.1) is 13.2 Å². The van der Waals surface area contributed by atoms with Crippen LogP contribution in [0.3, 0.4) is 0 Å². The summed E-state index contributed by atoms with van der Waals surface area (Å²) in [5, 5.41) is 0.600. The van der Waals surface area contributed by atoms with Gasteiger partial charge in [0.25, 0.3) is 5.91 Å². The zero-order valence-electron chi connectivity index (χ0n) is 13.8. The van der Waals surface area contributed by atoms with E-state index in [1.54, 1.807) is 46.2 Å². The van der Waals surface area contributed by atoms with Gasteiger partial charge in [-0.25, -0.2) is 0 Å². The Morgan fingerprint density at radius 2 is 1.83 bits per heavy atom. The number of amides is 2. The molecule has 5 heteroatoms. The molecule has 0 saturated carbocycles. The van der Waals surface area contributed by atoms with Crippen LogP contribution in [0.2, 0.25) is 5.02 Å². The summed E-state index contributed by atoms with van der Waals surface area (Å²) in [7, 11) is 0. The Kier molecular flexibility index (Phi) is 6.62. The van der Waals surface area contributed by atoms with Crippen LogP contribution in [0.1, 0.15) is 23.2 Å². The van der Waals surface area contributed by atoms with Crippen LogP contribution in [-0.4, -0.2) is 47.8 Å². The van der Waals surface area contributed by atoms with Crippen molar-refractivity contribution >= 4 is 23.4 Å². The minimum absolute atomic E-state index is 0.0526. The summed E-state index contributed by atoms with van der Waals surface area (Å²) in [6.07, 6.45) is 5.04. The van der Waals surface area contributed by atoms with Crippen LogP contribution in [0.4, 0.5) is 0 Å². The molecule has 1 atom stereocenters. The number of carbonyl (C=O) groups is 2. The maximum Gasteiger partial charge on any atom is 0.253 e. The molecule has 1 unspecified atom stereocenters. The molecule has 0 aliphatic carbocycles. The van der Waals surface area contributed by atoms with Gasteiger partial charge >= 0.3 is 0 Å². The first-order valence-corrected chi connectivity index (χ1v) is 8.50. The third-order valence-electron chi connectivity index (χ3n) is 4.16. The van der Waals surface area contributed by atoms with Crippen LogP contribution < -0.4 is 0 Å². The van der Waals surface area contributed by atoms with E-state index in [1.165, 1.54) is 0 Å². The largest absolute Gasteiger partial charge is 0.338 e. The molecule has 2 rings (SSSR count). The van der Waals surface area contributed by atoms with Gasteiger partial charge in [-0.05, 0) is 37.1 Å². The van der Waals surface area contributed by atoms with E-state index < -0.39 is 0 Å². The average Bonchev–Trinajstić information content (AvgIpc) is 2.61. The van der Waals surface area contributed by atoms with Crippen molar-refractivity contribution in [3.8, 4) is 0 Å². The molecule has 1 aliphatic heterocycles. The van der Waals surface area contributed by atoms with Gasteiger partial charge in [0.05, 0.1) is 5.92 Å². The molecule has 1 fully saturated rings. The molecule has 128 valence electrons. The summed E-state index contributed by atoms with van der Waals surface area (Å²) in [5.41, 5.74) is 0.599. The summed E-state index contributed by atoms with van der Waals surface area (Å²) < 4.78 is 0. The van der Waals surface area contributed by atoms with Crippen LogP contribution in [0.15, 0.2) is 49.6 Å². The number of likely N-dealkylation sites (tertiary alicyclic amines) is 1. The number of hydrogen-bond acceptors (Lipinski definition) is 2. The lowest BCUT2D eigenvalue weighted by Crippen LogP contribution is -2.46. The zero-order valence-corrected chi connectivity index (χ0v) is 14.5. The highest BCUT2D eigenvalue weighted by atomic mass is 35.5. The molecule has 1 heterocycles. The van der Waals surface area contributed by atoms with Gasteiger partial charge in [0.15, 0.2) is 0 Å². The van der Waals surface area contributed by atoms with E-state index in [0.29, 0.717) is 36.8 Å². The van der Waals surface area contributed by atoms with Gasteiger partial charge < -0.3 is 9.80 Å². The number of piperidine rings is 1. The Bertz CT molecular complexity index is 602. The second kappa shape index (κ2) is 8.69. The fourth-order valence-electron chi connectivity index (χ4n) is 2.96. The van der Waals surface area contributed by atoms with Crippen molar-refractivity contribution in [2.45, 2.75) is 12.8 Å². The van der Waals surface area contributed by atoms with Crippen LogP contribution >= 0.6 is 11.6 Å². The van der Waals surface area contributed by atoms with E-state index >= 15 is 0 Å². The molecule has 1 aromatic carbocycles. The normalized spacial score (nSPS) is 17.2. The third kappa shape index (κ3) is 4.48. The maximum atomic E-state index is 12.7. The SMILES string of the molecule is C=CCN(CC=C)C(=O)C1CCCN(C(=O)c2ccc(Cl)cc2)C1. The third-order valence-corrected chi connectivity index (χ3v) is 4.41. The van der Waals surface area contributed by atoms with E-state index in [2.05, 4.69) is 13.2 Å². The predicted molar refractivity (Wildman–Crippen MR) is 97.1 cm³/mol. The van der Waals surface area contributed by atoms with Crippen molar-refractivity contribution in [2.24, 2.45) is 5.92 Å². The quantitative estimate of drug-likeness (QED) is 0.741.